The number of hydrogen-bond donors (Lipinski definition) is 2. The first-order chi connectivity index (χ1) is 12.2. The number of amides is 2. The van der Waals surface area contributed by atoms with E-state index in [1.54, 1.807) is 0 Å². The highest BCUT2D eigenvalue weighted by Gasteiger charge is 2.36. The van der Waals surface area contributed by atoms with Gasteiger partial charge < -0.3 is 16.0 Å². The van der Waals surface area contributed by atoms with Crippen molar-refractivity contribution < 1.29 is 9.59 Å². The second-order valence-electron chi connectivity index (χ2n) is 7.40. The van der Waals surface area contributed by atoms with Crippen LogP contribution in [-0.4, -0.2) is 42.9 Å². The van der Waals surface area contributed by atoms with E-state index >= 15 is 0 Å². The Bertz CT molecular complexity index is 590. The van der Waals surface area contributed by atoms with Crippen molar-refractivity contribution in [3.8, 4) is 0 Å². The third-order valence-corrected chi connectivity index (χ3v) is 5.70. The van der Waals surface area contributed by atoms with Crippen molar-refractivity contribution in [1.29, 1.82) is 0 Å². The lowest BCUT2D eigenvalue weighted by Gasteiger charge is -2.35. The van der Waals surface area contributed by atoms with Crippen LogP contribution in [0.1, 0.15) is 42.5 Å². The Kier molecular flexibility index (Phi) is 6.08. The summed E-state index contributed by atoms with van der Waals surface area (Å²) < 4.78 is 0. The van der Waals surface area contributed by atoms with Gasteiger partial charge in [0.25, 0.3) is 5.91 Å². The zero-order valence-corrected chi connectivity index (χ0v) is 14.8. The molecule has 3 rings (SSSR count). The SMILES string of the molecule is NC[C@H]1CCC[C@H]1C(=O)N1CCCC(CNC(=O)c2ccccc2)C1. The molecule has 136 valence electrons. The molecule has 5 heteroatoms. The summed E-state index contributed by atoms with van der Waals surface area (Å²) in [6.45, 7) is 2.83. The van der Waals surface area contributed by atoms with Crippen molar-refractivity contribution in [1.82, 2.24) is 10.2 Å². The summed E-state index contributed by atoms with van der Waals surface area (Å²) >= 11 is 0. The Morgan fingerprint density at radius 3 is 2.68 bits per heavy atom. The molecule has 0 aromatic heterocycles. The standard InChI is InChI=1S/C20H29N3O2/c21-12-17-9-4-10-18(17)20(25)23-11-5-6-15(14-23)13-22-19(24)16-7-2-1-3-8-16/h1-3,7-8,15,17-18H,4-6,9-14,21H2,(H,22,24)/t15?,17-,18-/m1/s1. The highest BCUT2D eigenvalue weighted by molar-refractivity contribution is 5.94. The second kappa shape index (κ2) is 8.48. The summed E-state index contributed by atoms with van der Waals surface area (Å²) in [5, 5.41) is 3.02. The zero-order chi connectivity index (χ0) is 17.6. The summed E-state index contributed by atoms with van der Waals surface area (Å²) in [7, 11) is 0. The van der Waals surface area contributed by atoms with Gasteiger partial charge in [0.15, 0.2) is 0 Å². The number of carbonyl (C=O) groups excluding carboxylic acids is 2. The maximum Gasteiger partial charge on any atom is 0.251 e. The molecule has 2 fully saturated rings. The maximum absolute atomic E-state index is 12.9. The number of likely N-dealkylation sites (tertiary alicyclic amines) is 1. The molecule has 0 spiro atoms. The van der Waals surface area contributed by atoms with E-state index in [4.69, 9.17) is 5.73 Å². The molecule has 1 heterocycles. The fourth-order valence-electron chi connectivity index (χ4n) is 4.24. The molecular formula is C20H29N3O2. The average molecular weight is 343 g/mol. The number of carbonyl (C=O) groups is 2. The number of nitrogens with two attached hydrogens (primary N) is 1. The summed E-state index contributed by atoms with van der Waals surface area (Å²) in [5.41, 5.74) is 6.52. The third-order valence-electron chi connectivity index (χ3n) is 5.70. The summed E-state index contributed by atoms with van der Waals surface area (Å²) in [6, 6.07) is 9.27. The molecule has 3 N–H and O–H groups in total. The van der Waals surface area contributed by atoms with Crippen molar-refractivity contribution >= 4 is 11.8 Å². The second-order valence-corrected chi connectivity index (χ2v) is 7.40. The van der Waals surface area contributed by atoms with Crippen LogP contribution in [0.25, 0.3) is 0 Å². The van der Waals surface area contributed by atoms with Gasteiger partial charge in [-0.05, 0) is 56.2 Å². The molecule has 1 unspecified atom stereocenters. The average Bonchev–Trinajstić information content (AvgIpc) is 3.15. The first-order valence-electron chi connectivity index (χ1n) is 9.51. The molecular weight excluding hydrogens is 314 g/mol. The number of nitrogens with one attached hydrogen (secondary N) is 1. The van der Waals surface area contributed by atoms with E-state index in [2.05, 4.69) is 5.32 Å². The number of nitrogens with zero attached hydrogens (tertiary/aromatic N) is 1. The lowest BCUT2D eigenvalue weighted by molar-refractivity contribution is -0.138. The predicted molar refractivity (Wildman–Crippen MR) is 98.0 cm³/mol. The Hall–Kier alpha value is -1.88. The van der Waals surface area contributed by atoms with Crippen molar-refractivity contribution in [3.63, 3.8) is 0 Å². The van der Waals surface area contributed by atoms with Gasteiger partial charge in [-0.3, -0.25) is 9.59 Å². The molecule has 1 saturated carbocycles. The molecule has 1 saturated heterocycles. The van der Waals surface area contributed by atoms with Crippen LogP contribution in [0.2, 0.25) is 0 Å². The largest absolute Gasteiger partial charge is 0.352 e. The normalized spacial score (nSPS) is 26.4. The lowest BCUT2D eigenvalue weighted by Crippen LogP contribution is -2.46. The predicted octanol–water partition coefficient (Wildman–Crippen LogP) is 2.03. The van der Waals surface area contributed by atoms with E-state index in [0.29, 0.717) is 30.5 Å². The van der Waals surface area contributed by atoms with E-state index in [1.807, 2.05) is 35.2 Å². The van der Waals surface area contributed by atoms with Gasteiger partial charge in [-0.25, -0.2) is 0 Å². The van der Waals surface area contributed by atoms with E-state index in [-0.39, 0.29) is 17.7 Å². The van der Waals surface area contributed by atoms with Gasteiger partial charge in [0.2, 0.25) is 5.91 Å². The topological polar surface area (TPSA) is 75.4 Å². The van der Waals surface area contributed by atoms with E-state index < -0.39 is 0 Å². The molecule has 2 amide bonds. The van der Waals surface area contributed by atoms with E-state index in [1.165, 1.54) is 0 Å². The zero-order valence-electron chi connectivity index (χ0n) is 14.8. The van der Waals surface area contributed by atoms with E-state index in [0.717, 1.165) is 45.2 Å². The summed E-state index contributed by atoms with van der Waals surface area (Å²) in [6.07, 6.45) is 5.24. The molecule has 1 aliphatic heterocycles. The van der Waals surface area contributed by atoms with Gasteiger partial charge in [0.1, 0.15) is 0 Å². The smallest absolute Gasteiger partial charge is 0.251 e. The van der Waals surface area contributed by atoms with Crippen LogP contribution in [0.4, 0.5) is 0 Å². The van der Waals surface area contributed by atoms with Crippen LogP contribution >= 0.6 is 0 Å². The summed E-state index contributed by atoms with van der Waals surface area (Å²) in [4.78, 5) is 27.1. The van der Waals surface area contributed by atoms with Gasteiger partial charge in [0.05, 0.1) is 0 Å². The molecule has 25 heavy (non-hydrogen) atoms. The van der Waals surface area contributed by atoms with Crippen LogP contribution < -0.4 is 11.1 Å². The van der Waals surface area contributed by atoms with Gasteiger partial charge in [0, 0.05) is 31.1 Å². The van der Waals surface area contributed by atoms with Gasteiger partial charge >= 0.3 is 0 Å². The fraction of sp³-hybridized carbons (Fsp3) is 0.600. The highest BCUT2D eigenvalue weighted by Crippen LogP contribution is 2.33. The molecule has 5 nitrogen and oxygen atoms in total. The molecule has 1 aromatic rings. The molecule has 3 atom stereocenters. The minimum Gasteiger partial charge on any atom is -0.352 e. The quantitative estimate of drug-likeness (QED) is 0.859. The Morgan fingerprint density at radius 2 is 1.92 bits per heavy atom. The Balaban J connectivity index is 1.51. The maximum atomic E-state index is 12.9. The fourth-order valence-corrected chi connectivity index (χ4v) is 4.24. The number of rotatable bonds is 5. The van der Waals surface area contributed by atoms with Crippen LogP contribution in [0.3, 0.4) is 0 Å². The third kappa shape index (κ3) is 4.40. The first-order valence-corrected chi connectivity index (χ1v) is 9.51. The Labute approximate surface area is 150 Å². The molecule has 0 bridgehead atoms. The van der Waals surface area contributed by atoms with Crippen LogP contribution in [0, 0.1) is 17.8 Å². The Morgan fingerprint density at radius 1 is 1.12 bits per heavy atom. The monoisotopic (exact) mass is 343 g/mol. The van der Waals surface area contributed by atoms with Crippen molar-refractivity contribution in [2.45, 2.75) is 32.1 Å². The molecule has 1 aliphatic carbocycles. The minimum absolute atomic E-state index is 0.0389. The van der Waals surface area contributed by atoms with Gasteiger partial charge in [-0.2, -0.15) is 0 Å². The van der Waals surface area contributed by atoms with Gasteiger partial charge in [-0.1, -0.05) is 24.6 Å². The molecule has 0 radical (unpaired) electrons. The number of piperidine rings is 1. The van der Waals surface area contributed by atoms with Crippen LogP contribution in [0.15, 0.2) is 30.3 Å². The van der Waals surface area contributed by atoms with Gasteiger partial charge in [-0.15, -0.1) is 0 Å². The van der Waals surface area contributed by atoms with Crippen LogP contribution in [0.5, 0.6) is 0 Å². The first kappa shape index (κ1) is 17.9. The number of benzene rings is 1. The highest BCUT2D eigenvalue weighted by atomic mass is 16.2. The van der Waals surface area contributed by atoms with Crippen molar-refractivity contribution in [3.05, 3.63) is 35.9 Å². The van der Waals surface area contributed by atoms with E-state index in [9.17, 15) is 9.59 Å². The minimum atomic E-state index is -0.0389. The number of hydrogen-bond acceptors (Lipinski definition) is 3. The van der Waals surface area contributed by atoms with Crippen LogP contribution in [-0.2, 0) is 4.79 Å². The molecule has 2 aliphatic rings. The summed E-state index contributed by atoms with van der Waals surface area (Å²) in [5.74, 6) is 1.05. The molecule has 1 aromatic carbocycles. The van der Waals surface area contributed by atoms with Crippen molar-refractivity contribution in [2.75, 3.05) is 26.2 Å². The lowest BCUT2D eigenvalue weighted by atomic mass is 9.92. The van der Waals surface area contributed by atoms with Crippen molar-refractivity contribution in [2.24, 2.45) is 23.5 Å².